The SMILES string of the molecule is Cc1ccc2nc(NC(=O)c3cc(N)ccc3Cl)sc2c1. The lowest BCUT2D eigenvalue weighted by atomic mass is 10.2. The summed E-state index contributed by atoms with van der Waals surface area (Å²) in [6.45, 7) is 2.02. The zero-order chi connectivity index (χ0) is 15.0. The van der Waals surface area contributed by atoms with Crippen molar-refractivity contribution < 1.29 is 4.79 Å². The zero-order valence-electron chi connectivity index (χ0n) is 11.2. The van der Waals surface area contributed by atoms with Gasteiger partial charge in [0.1, 0.15) is 0 Å². The van der Waals surface area contributed by atoms with Crippen molar-refractivity contribution in [3.05, 3.63) is 52.5 Å². The Morgan fingerprint density at radius 2 is 2.10 bits per heavy atom. The Labute approximate surface area is 130 Å². The summed E-state index contributed by atoms with van der Waals surface area (Å²) < 4.78 is 1.03. The number of rotatable bonds is 2. The van der Waals surface area contributed by atoms with Gasteiger partial charge in [0.05, 0.1) is 20.8 Å². The smallest absolute Gasteiger partial charge is 0.259 e. The van der Waals surface area contributed by atoms with Gasteiger partial charge in [-0.15, -0.1) is 0 Å². The van der Waals surface area contributed by atoms with Crippen molar-refractivity contribution in [2.45, 2.75) is 6.92 Å². The van der Waals surface area contributed by atoms with Crippen molar-refractivity contribution in [2.75, 3.05) is 11.1 Å². The van der Waals surface area contributed by atoms with Crippen molar-refractivity contribution >= 4 is 49.9 Å². The second-order valence-corrected chi connectivity index (χ2v) is 6.12. The number of nitrogens with one attached hydrogen (secondary N) is 1. The molecule has 6 heteroatoms. The van der Waals surface area contributed by atoms with Crippen molar-refractivity contribution in [1.29, 1.82) is 0 Å². The summed E-state index contributed by atoms with van der Waals surface area (Å²) in [5.74, 6) is -0.317. The molecular formula is C15H12ClN3OS. The number of carbonyl (C=O) groups is 1. The molecule has 0 bridgehead atoms. The molecule has 106 valence electrons. The molecule has 2 aromatic carbocycles. The maximum Gasteiger partial charge on any atom is 0.259 e. The van der Waals surface area contributed by atoms with Crippen LogP contribution in [-0.2, 0) is 0 Å². The lowest BCUT2D eigenvalue weighted by Gasteiger charge is -2.04. The third-order valence-corrected chi connectivity index (χ3v) is 4.26. The summed E-state index contributed by atoms with van der Waals surface area (Å²) in [5.41, 5.74) is 8.53. The molecule has 0 radical (unpaired) electrons. The van der Waals surface area contributed by atoms with Crippen molar-refractivity contribution in [3.63, 3.8) is 0 Å². The van der Waals surface area contributed by atoms with E-state index in [1.165, 1.54) is 11.3 Å². The van der Waals surface area contributed by atoms with E-state index in [-0.39, 0.29) is 5.91 Å². The molecule has 21 heavy (non-hydrogen) atoms. The van der Waals surface area contributed by atoms with E-state index >= 15 is 0 Å². The first kappa shape index (κ1) is 13.9. The fourth-order valence-electron chi connectivity index (χ4n) is 1.97. The highest BCUT2D eigenvalue weighted by atomic mass is 35.5. The summed E-state index contributed by atoms with van der Waals surface area (Å²) in [6, 6.07) is 10.8. The van der Waals surface area contributed by atoms with Crippen LogP contribution in [-0.4, -0.2) is 10.9 Å². The number of aromatic nitrogens is 1. The van der Waals surface area contributed by atoms with Crippen LogP contribution in [0.4, 0.5) is 10.8 Å². The van der Waals surface area contributed by atoms with Gasteiger partial charge >= 0.3 is 0 Å². The van der Waals surface area contributed by atoms with Gasteiger partial charge in [0.2, 0.25) is 0 Å². The molecular weight excluding hydrogens is 306 g/mol. The summed E-state index contributed by atoms with van der Waals surface area (Å²) in [4.78, 5) is 16.6. The molecule has 0 unspecified atom stereocenters. The van der Waals surface area contributed by atoms with E-state index in [0.29, 0.717) is 21.4 Å². The van der Waals surface area contributed by atoms with Gasteiger partial charge < -0.3 is 5.73 Å². The number of nitrogen functional groups attached to an aromatic ring is 1. The number of fused-ring (bicyclic) bond motifs is 1. The molecule has 3 N–H and O–H groups in total. The van der Waals surface area contributed by atoms with E-state index in [2.05, 4.69) is 10.3 Å². The maximum atomic E-state index is 12.2. The Kier molecular flexibility index (Phi) is 3.53. The highest BCUT2D eigenvalue weighted by Gasteiger charge is 2.13. The Morgan fingerprint density at radius 3 is 2.90 bits per heavy atom. The van der Waals surface area contributed by atoms with Gasteiger partial charge in [0.25, 0.3) is 5.91 Å². The van der Waals surface area contributed by atoms with Crippen LogP contribution in [0.15, 0.2) is 36.4 Å². The molecule has 0 spiro atoms. The molecule has 3 rings (SSSR count). The monoisotopic (exact) mass is 317 g/mol. The predicted molar refractivity (Wildman–Crippen MR) is 88.2 cm³/mol. The van der Waals surface area contributed by atoms with Crippen LogP contribution in [0.1, 0.15) is 15.9 Å². The molecule has 4 nitrogen and oxygen atoms in total. The highest BCUT2D eigenvalue weighted by Crippen LogP contribution is 2.28. The number of halogens is 1. The third kappa shape index (κ3) is 2.84. The number of aryl methyl sites for hydroxylation is 1. The molecule has 0 saturated carbocycles. The molecule has 3 aromatic rings. The lowest BCUT2D eigenvalue weighted by Crippen LogP contribution is -2.12. The molecule has 1 aromatic heterocycles. The number of hydrogen-bond donors (Lipinski definition) is 2. The van der Waals surface area contributed by atoms with E-state index in [9.17, 15) is 4.79 Å². The number of thiazole rings is 1. The zero-order valence-corrected chi connectivity index (χ0v) is 12.8. The Bertz CT molecular complexity index is 844. The van der Waals surface area contributed by atoms with E-state index in [0.717, 1.165) is 15.8 Å². The number of benzene rings is 2. The quantitative estimate of drug-likeness (QED) is 0.699. The van der Waals surface area contributed by atoms with Gasteiger partial charge in [-0.3, -0.25) is 10.1 Å². The molecule has 0 aliphatic heterocycles. The molecule has 1 heterocycles. The number of carbonyl (C=O) groups excluding carboxylic acids is 1. The molecule has 0 atom stereocenters. The molecule has 0 aliphatic rings. The highest BCUT2D eigenvalue weighted by molar-refractivity contribution is 7.22. The Morgan fingerprint density at radius 1 is 1.29 bits per heavy atom. The number of hydrogen-bond acceptors (Lipinski definition) is 4. The second-order valence-electron chi connectivity index (χ2n) is 4.68. The lowest BCUT2D eigenvalue weighted by molar-refractivity contribution is 0.102. The van der Waals surface area contributed by atoms with Gasteiger partial charge in [-0.05, 0) is 42.8 Å². The van der Waals surface area contributed by atoms with Crippen molar-refractivity contribution in [3.8, 4) is 0 Å². The Balaban J connectivity index is 1.90. The average Bonchev–Trinajstić information content (AvgIpc) is 2.82. The summed E-state index contributed by atoms with van der Waals surface area (Å²) in [6.07, 6.45) is 0. The van der Waals surface area contributed by atoms with Gasteiger partial charge in [-0.1, -0.05) is 29.0 Å². The summed E-state index contributed by atoms with van der Waals surface area (Å²) >= 11 is 7.45. The maximum absolute atomic E-state index is 12.2. The first-order valence-corrected chi connectivity index (χ1v) is 7.46. The topological polar surface area (TPSA) is 68.0 Å². The largest absolute Gasteiger partial charge is 0.399 e. The van der Waals surface area contributed by atoms with Crippen LogP contribution >= 0.6 is 22.9 Å². The van der Waals surface area contributed by atoms with Crippen LogP contribution in [0, 0.1) is 6.92 Å². The second kappa shape index (κ2) is 5.35. The van der Waals surface area contributed by atoms with E-state index in [4.69, 9.17) is 17.3 Å². The number of amides is 1. The number of anilines is 2. The van der Waals surface area contributed by atoms with Gasteiger partial charge in [-0.25, -0.2) is 4.98 Å². The van der Waals surface area contributed by atoms with Gasteiger partial charge in [-0.2, -0.15) is 0 Å². The third-order valence-electron chi connectivity index (χ3n) is 3.00. The molecule has 1 amide bonds. The van der Waals surface area contributed by atoms with Gasteiger partial charge in [0, 0.05) is 5.69 Å². The Hall–Kier alpha value is -2.11. The molecule has 0 saturated heterocycles. The van der Waals surface area contributed by atoms with Crippen LogP contribution in [0.5, 0.6) is 0 Å². The summed E-state index contributed by atoms with van der Waals surface area (Å²) in [5, 5.41) is 3.66. The van der Waals surface area contributed by atoms with E-state index in [1.54, 1.807) is 18.2 Å². The normalized spacial score (nSPS) is 10.8. The van der Waals surface area contributed by atoms with Crippen LogP contribution in [0.25, 0.3) is 10.2 Å². The average molecular weight is 318 g/mol. The van der Waals surface area contributed by atoms with E-state index < -0.39 is 0 Å². The number of nitrogens with zero attached hydrogens (tertiary/aromatic N) is 1. The van der Waals surface area contributed by atoms with Crippen molar-refractivity contribution in [2.24, 2.45) is 0 Å². The standard InChI is InChI=1S/C15H12ClN3OS/c1-8-2-5-12-13(6-8)21-15(18-12)19-14(20)10-7-9(17)3-4-11(10)16/h2-7H,17H2,1H3,(H,18,19,20). The molecule has 0 fully saturated rings. The minimum atomic E-state index is -0.317. The van der Waals surface area contributed by atoms with E-state index in [1.807, 2.05) is 25.1 Å². The fraction of sp³-hybridized carbons (Fsp3) is 0.0667. The fourth-order valence-corrected chi connectivity index (χ4v) is 3.13. The van der Waals surface area contributed by atoms with Crippen LogP contribution < -0.4 is 11.1 Å². The van der Waals surface area contributed by atoms with Crippen LogP contribution in [0.2, 0.25) is 5.02 Å². The number of nitrogens with two attached hydrogens (primary N) is 1. The van der Waals surface area contributed by atoms with Crippen LogP contribution in [0.3, 0.4) is 0 Å². The summed E-state index contributed by atoms with van der Waals surface area (Å²) in [7, 11) is 0. The first-order chi connectivity index (χ1) is 10.0. The van der Waals surface area contributed by atoms with Gasteiger partial charge in [0.15, 0.2) is 5.13 Å². The predicted octanol–water partition coefficient (Wildman–Crippen LogP) is 4.09. The minimum absolute atomic E-state index is 0.317. The first-order valence-electron chi connectivity index (χ1n) is 6.26. The molecule has 0 aliphatic carbocycles. The minimum Gasteiger partial charge on any atom is -0.399 e. The van der Waals surface area contributed by atoms with Crippen molar-refractivity contribution in [1.82, 2.24) is 4.98 Å².